The zero-order valence-electron chi connectivity index (χ0n) is 18.8. The smallest absolute Gasteiger partial charge is 0.346 e. The first-order valence-electron chi connectivity index (χ1n) is 9.78. The quantitative estimate of drug-likeness (QED) is 0.215. The number of carbonyl (C=O) groups excluding carboxylic acids is 2. The van der Waals surface area contributed by atoms with Crippen molar-refractivity contribution in [1.82, 2.24) is 0 Å². The van der Waals surface area contributed by atoms with Crippen LogP contribution < -0.4 is 9.47 Å². The van der Waals surface area contributed by atoms with Crippen molar-refractivity contribution in [2.24, 2.45) is 0 Å². The molecule has 3 rings (SSSR count). The summed E-state index contributed by atoms with van der Waals surface area (Å²) in [7, 11) is 2.52. The summed E-state index contributed by atoms with van der Waals surface area (Å²) in [5, 5.41) is 30.0. The van der Waals surface area contributed by atoms with Crippen LogP contribution in [0.1, 0.15) is 31.1 Å². The van der Waals surface area contributed by atoms with E-state index in [0.717, 1.165) is 24.3 Å². The van der Waals surface area contributed by atoms with Crippen LogP contribution in [0.25, 0.3) is 0 Å². The van der Waals surface area contributed by atoms with Crippen LogP contribution in [0.5, 0.6) is 11.5 Å². The number of carboxylic acids is 1. The highest BCUT2D eigenvalue weighted by molar-refractivity contribution is 6.02. The highest BCUT2D eigenvalue weighted by Crippen LogP contribution is 2.28. The first kappa shape index (κ1) is 26.9. The molecule has 0 spiro atoms. The van der Waals surface area contributed by atoms with Crippen molar-refractivity contribution in [3.05, 3.63) is 104 Å². The Morgan fingerprint density at radius 2 is 1.25 bits per heavy atom. The van der Waals surface area contributed by atoms with Crippen molar-refractivity contribution in [2.45, 2.75) is 0 Å². The molecule has 13 nitrogen and oxygen atoms in total. The molecule has 13 heteroatoms. The van der Waals surface area contributed by atoms with Gasteiger partial charge in [0.1, 0.15) is 0 Å². The molecule has 186 valence electrons. The Kier molecular flexibility index (Phi) is 9.14. The van der Waals surface area contributed by atoms with Crippen LogP contribution in [0.2, 0.25) is 0 Å². The molecule has 3 aromatic carbocycles. The lowest BCUT2D eigenvalue weighted by Crippen LogP contribution is -2.13. The molecular weight excluding hydrogens is 480 g/mol. The number of ether oxygens (including phenoxy) is 3. The summed E-state index contributed by atoms with van der Waals surface area (Å²) in [6.07, 6.45) is 0. The van der Waals surface area contributed by atoms with Crippen molar-refractivity contribution in [3.63, 3.8) is 0 Å². The first-order valence-corrected chi connectivity index (χ1v) is 9.78. The van der Waals surface area contributed by atoms with E-state index in [-0.39, 0.29) is 39.6 Å². The zero-order chi connectivity index (χ0) is 26.8. The van der Waals surface area contributed by atoms with E-state index >= 15 is 0 Å². The van der Waals surface area contributed by atoms with E-state index in [1.165, 1.54) is 38.5 Å². The number of nitro groups is 2. The summed E-state index contributed by atoms with van der Waals surface area (Å²) >= 11 is 0. The second-order valence-corrected chi connectivity index (χ2v) is 6.64. The molecule has 0 heterocycles. The average Bonchev–Trinajstić information content (AvgIpc) is 2.88. The predicted octanol–water partition coefficient (Wildman–Crippen LogP) is 3.90. The van der Waals surface area contributed by atoms with Gasteiger partial charge in [-0.05, 0) is 30.3 Å². The van der Waals surface area contributed by atoms with E-state index < -0.39 is 27.8 Å². The summed E-state index contributed by atoms with van der Waals surface area (Å²) in [5.74, 6) is -3.01. The largest absolute Gasteiger partial charge is 0.490 e. The normalized spacial score (nSPS) is 9.72. The highest BCUT2D eigenvalue weighted by atomic mass is 16.6. The Morgan fingerprint density at radius 3 is 1.78 bits per heavy atom. The molecule has 0 aliphatic rings. The molecule has 0 aliphatic carbocycles. The van der Waals surface area contributed by atoms with E-state index in [1.54, 1.807) is 18.2 Å². The molecule has 0 unspecified atom stereocenters. The lowest BCUT2D eigenvalue weighted by atomic mass is 10.2. The minimum atomic E-state index is -1.15. The Balaban J connectivity index is 0.000000281. The lowest BCUT2D eigenvalue weighted by molar-refractivity contribution is -0.385. The van der Waals surface area contributed by atoms with Gasteiger partial charge in [0.2, 0.25) is 0 Å². The third-order valence-corrected chi connectivity index (χ3v) is 4.43. The Bertz CT molecular complexity index is 1310. The number of hydrogen-bond acceptors (Lipinski definition) is 10. The topological polar surface area (TPSA) is 185 Å². The number of carbonyl (C=O) groups is 3. The van der Waals surface area contributed by atoms with Crippen LogP contribution in [0, 0.1) is 20.2 Å². The molecular formula is C23H18N2O11. The van der Waals surface area contributed by atoms with Gasteiger partial charge in [-0.15, -0.1) is 0 Å². The fourth-order valence-electron chi connectivity index (χ4n) is 2.70. The number of esters is 2. The van der Waals surface area contributed by atoms with Gasteiger partial charge in [0.25, 0.3) is 0 Å². The van der Waals surface area contributed by atoms with Gasteiger partial charge in [-0.2, -0.15) is 0 Å². The van der Waals surface area contributed by atoms with E-state index in [0.29, 0.717) is 0 Å². The molecule has 0 bridgehead atoms. The Labute approximate surface area is 202 Å². The monoisotopic (exact) mass is 498 g/mol. The van der Waals surface area contributed by atoms with Gasteiger partial charge in [0.05, 0.1) is 40.8 Å². The number of benzene rings is 3. The van der Waals surface area contributed by atoms with Gasteiger partial charge in [0, 0.05) is 18.2 Å². The summed E-state index contributed by atoms with van der Waals surface area (Å²) < 4.78 is 14.2. The molecule has 0 atom stereocenters. The molecule has 36 heavy (non-hydrogen) atoms. The standard InChI is InChI=1S/C15H11NO6.C8H7NO5/c1-21-13-8-7-11(9-12(13)16(19)20)15(18)22-14(17)10-5-3-2-4-6-10;1-14-7-4-5(8(10)11)2-3-6(7)9(12)13/h2-9H,1H3;2-4H,1H3,(H,10,11). The van der Waals surface area contributed by atoms with Crippen molar-refractivity contribution >= 4 is 29.3 Å². The molecule has 0 fully saturated rings. The van der Waals surface area contributed by atoms with E-state index in [2.05, 4.69) is 4.74 Å². The van der Waals surface area contributed by atoms with Gasteiger partial charge >= 0.3 is 29.3 Å². The summed E-state index contributed by atoms with van der Waals surface area (Å²) in [4.78, 5) is 54.2. The van der Waals surface area contributed by atoms with E-state index in [1.807, 2.05) is 0 Å². The number of nitrogens with zero attached hydrogens (tertiary/aromatic N) is 2. The van der Waals surface area contributed by atoms with Crippen molar-refractivity contribution in [2.75, 3.05) is 14.2 Å². The molecule has 0 aliphatic heterocycles. The molecule has 0 radical (unpaired) electrons. The number of rotatable bonds is 7. The number of hydrogen-bond donors (Lipinski definition) is 1. The molecule has 0 saturated carbocycles. The van der Waals surface area contributed by atoms with Crippen molar-refractivity contribution in [3.8, 4) is 11.5 Å². The SMILES string of the molecule is COc1cc(C(=O)O)ccc1[N+](=O)[O-].COc1ccc(C(=O)OC(=O)c2ccccc2)cc1[N+](=O)[O-]. The zero-order valence-corrected chi connectivity index (χ0v) is 18.8. The maximum Gasteiger partial charge on any atom is 0.346 e. The second-order valence-electron chi connectivity index (χ2n) is 6.64. The number of nitro benzene ring substituents is 2. The molecule has 0 aromatic heterocycles. The Hall–Kier alpha value is -5.33. The van der Waals surface area contributed by atoms with Crippen LogP contribution in [-0.4, -0.2) is 47.1 Å². The third kappa shape index (κ3) is 6.84. The molecule has 3 aromatic rings. The fourth-order valence-corrected chi connectivity index (χ4v) is 2.70. The molecule has 0 saturated heterocycles. The summed E-state index contributed by atoms with van der Waals surface area (Å²) in [5.41, 5.74) is -0.593. The fraction of sp³-hybridized carbons (Fsp3) is 0.0870. The first-order chi connectivity index (χ1) is 17.1. The Morgan fingerprint density at radius 1 is 0.694 bits per heavy atom. The van der Waals surface area contributed by atoms with Crippen LogP contribution >= 0.6 is 0 Å². The van der Waals surface area contributed by atoms with Gasteiger partial charge in [-0.1, -0.05) is 18.2 Å². The minimum Gasteiger partial charge on any atom is -0.490 e. The minimum absolute atomic E-state index is 0.0101. The van der Waals surface area contributed by atoms with Gasteiger partial charge in [0.15, 0.2) is 11.5 Å². The number of carboxylic acid groups (broad SMARTS) is 1. The summed E-state index contributed by atoms with van der Waals surface area (Å²) in [6, 6.07) is 14.9. The van der Waals surface area contributed by atoms with Crippen molar-refractivity contribution < 1.29 is 43.5 Å². The average molecular weight is 498 g/mol. The van der Waals surface area contributed by atoms with Crippen LogP contribution in [0.4, 0.5) is 11.4 Å². The van der Waals surface area contributed by atoms with Gasteiger partial charge < -0.3 is 19.3 Å². The summed E-state index contributed by atoms with van der Waals surface area (Å²) in [6.45, 7) is 0. The predicted molar refractivity (Wildman–Crippen MR) is 122 cm³/mol. The van der Waals surface area contributed by atoms with Crippen LogP contribution in [-0.2, 0) is 4.74 Å². The maximum absolute atomic E-state index is 11.9. The maximum atomic E-state index is 11.9. The third-order valence-electron chi connectivity index (χ3n) is 4.43. The molecule has 0 amide bonds. The van der Waals surface area contributed by atoms with Crippen LogP contribution in [0.3, 0.4) is 0 Å². The van der Waals surface area contributed by atoms with E-state index in [4.69, 9.17) is 14.6 Å². The van der Waals surface area contributed by atoms with Gasteiger partial charge in [-0.25, -0.2) is 14.4 Å². The van der Waals surface area contributed by atoms with Crippen molar-refractivity contribution in [1.29, 1.82) is 0 Å². The highest BCUT2D eigenvalue weighted by Gasteiger charge is 2.21. The van der Waals surface area contributed by atoms with Gasteiger partial charge in [-0.3, -0.25) is 20.2 Å². The van der Waals surface area contributed by atoms with Crippen LogP contribution in [0.15, 0.2) is 66.7 Å². The number of aromatic carboxylic acids is 1. The second kappa shape index (κ2) is 12.2. The lowest BCUT2D eigenvalue weighted by Gasteiger charge is -2.05. The number of methoxy groups -OCH3 is 2. The van der Waals surface area contributed by atoms with E-state index in [9.17, 15) is 34.6 Å². The molecule has 1 N–H and O–H groups in total.